The Morgan fingerprint density at radius 1 is 0.871 bits per heavy atom. The van der Waals surface area contributed by atoms with Crippen LogP contribution < -0.4 is 20.9 Å². The summed E-state index contributed by atoms with van der Waals surface area (Å²) in [5.74, 6) is -1.65. The Bertz CT molecular complexity index is 921. The standard InChI is InChI=1S/C23H29N5O3/c1-17(29)25-19-4-3-5-20(16-19)26-23(31)22(30)24-11-10-18-6-8-21(9-7-18)28-14-12-27(2)13-15-28/h3-9,16H,10-15H2,1-2H3,(H,24,30)(H,25,29)(H,26,31). The van der Waals surface area contributed by atoms with Gasteiger partial charge in [-0.2, -0.15) is 0 Å². The Labute approximate surface area is 182 Å². The van der Waals surface area contributed by atoms with Crippen LogP contribution in [-0.2, 0) is 20.8 Å². The molecule has 1 aliphatic heterocycles. The van der Waals surface area contributed by atoms with Gasteiger partial charge in [0.05, 0.1) is 0 Å². The zero-order valence-electron chi connectivity index (χ0n) is 18.0. The molecule has 0 radical (unpaired) electrons. The smallest absolute Gasteiger partial charge is 0.313 e. The summed E-state index contributed by atoms with van der Waals surface area (Å²) in [4.78, 5) is 40.0. The summed E-state index contributed by atoms with van der Waals surface area (Å²) < 4.78 is 0. The summed E-state index contributed by atoms with van der Waals surface area (Å²) in [7, 11) is 2.14. The fourth-order valence-corrected chi connectivity index (χ4v) is 3.40. The minimum absolute atomic E-state index is 0.210. The number of hydrogen-bond donors (Lipinski definition) is 3. The molecule has 0 spiro atoms. The van der Waals surface area contributed by atoms with E-state index in [2.05, 4.69) is 57.1 Å². The van der Waals surface area contributed by atoms with Crippen LogP contribution >= 0.6 is 0 Å². The van der Waals surface area contributed by atoms with Gasteiger partial charge in [0, 0.05) is 56.7 Å². The molecular weight excluding hydrogens is 394 g/mol. The van der Waals surface area contributed by atoms with Crippen molar-refractivity contribution in [2.24, 2.45) is 0 Å². The maximum absolute atomic E-state index is 12.1. The van der Waals surface area contributed by atoms with Gasteiger partial charge in [0.2, 0.25) is 5.91 Å². The first kappa shape index (κ1) is 22.3. The second kappa shape index (κ2) is 10.6. The van der Waals surface area contributed by atoms with Gasteiger partial charge in [0.1, 0.15) is 0 Å². The van der Waals surface area contributed by atoms with Gasteiger partial charge in [-0.25, -0.2) is 0 Å². The molecule has 0 atom stereocenters. The highest BCUT2D eigenvalue weighted by atomic mass is 16.2. The van der Waals surface area contributed by atoms with Crippen LogP contribution in [0.15, 0.2) is 48.5 Å². The molecule has 2 aromatic carbocycles. The van der Waals surface area contributed by atoms with Gasteiger partial charge in [0.15, 0.2) is 0 Å². The lowest BCUT2D eigenvalue weighted by molar-refractivity contribution is -0.136. The van der Waals surface area contributed by atoms with Gasteiger partial charge >= 0.3 is 11.8 Å². The molecule has 0 saturated carbocycles. The molecule has 0 unspecified atom stereocenters. The van der Waals surface area contributed by atoms with Gasteiger partial charge in [-0.1, -0.05) is 18.2 Å². The van der Waals surface area contributed by atoms with E-state index in [0.29, 0.717) is 24.3 Å². The third-order valence-corrected chi connectivity index (χ3v) is 5.15. The summed E-state index contributed by atoms with van der Waals surface area (Å²) in [5, 5.41) is 7.81. The highest BCUT2D eigenvalue weighted by molar-refractivity contribution is 6.39. The number of amides is 3. The lowest BCUT2D eigenvalue weighted by Crippen LogP contribution is -2.44. The van der Waals surface area contributed by atoms with E-state index in [1.165, 1.54) is 12.6 Å². The van der Waals surface area contributed by atoms with Crippen molar-refractivity contribution in [2.45, 2.75) is 13.3 Å². The first-order valence-corrected chi connectivity index (χ1v) is 10.4. The molecular formula is C23H29N5O3. The third kappa shape index (κ3) is 6.82. The number of carbonyl (C=O) groups excluding carboxylic acids is 3. The summed E-state index contributed by atoms with van der Waals surface area (Å²) in [6, 6.07) is 15.0. The normalized spacial score (nSPS) is 14.1. The van der Waals surface area contributed by atoms with Crippen molar-refractivity contribution in [2.75, 3.05) is 55.3 Å². The first-order chi connectivity index (χ1) is 14.9. The van der Waals surface area contributed by atoms with E-state index in [1.54, 1.807) is 24.3 Å². The van der Waals surface area contributed by atoms with Gasteiger partial charge in [-0.3, -0.25) is 14.4 Å². The highest BCUT2D eigenvalue weighted by Crippen LogP contribution is 2.17. The Kier molecular flexibility index (Phi) is 7.61. The Balaban J connectivity index is 1.43. The largest absolute Gasteiger partial charge is 0.369 e. The van der Waals surface area contributed by atoms with Crippen LogP contribution in [0.3, 0.4) is 0 Å². The lowest BCUT2D eigenvalue weighted by atomic mass is 10.1. The first-order valence-electron chi connectivity index (χ1n) is 10.4. The molecule has 8 nitrogen and oxygen atoms in total. The number of nitrogens with one attached hydrogen (secondary N) is 3. The molecule has 0 bridgehead atoms. The van der Waals surface area contributed by atoms with Crippen LogP contribution in [0.2, 0.25) is 0 Å². The molecule has 1 saturated heterocycles. The summed E-state index contributed by atoms with van der Waals surface area (Å²) in [6.07, 6.45) is 0.639. The van der Waals surface area contributed by atoms with Crippen LogP contribution in [-0.4, -0.2) is 62.4 Å². The van der Waals surface area contributed by atoms with Crippen LogP contribution in [0.1, 0.15) is 12.5 Å². The van der Waals surface area contributed by atoms with Gasteiger partial charge in [-0.15, -0.1) is 0 Å². The van der Waals surface area contributed by atoms with Crippen molar-refractivity contribution in [3.05, 3.63) is 54.1 Å². The van der Waals surface area contributed by atoms with Crippen LogP contribution in [0.5, 0.6) is 0 Å². The molecule has 3 N–H and O–H groups in total. The van der Waals surface area contributed by atoms with E-state index in [-0.39, 0.29) is 5.91 Å². The zero-order chi connectivity index (χ0) is 22.2. The summed E-state index contributed by atoms with van der Waals surface area (Å²) >= 11 is 0. The van der Waals surface area contributed by atoms with E-state index in [0.717, 1.165) is 31.7 Å². The number of carbonyl (C=O) groups is 3. The van der Waals surface area contributed by atoms with E-state index < -0.39 is 11.8 Å². The number of piperazine rings is 1. The number of nitrogens with zero attached hydrogens (tertiary/aromatic N) is 2. The molecule has 1 fully saturated rings. The molecule has 8 heteroatoms. The van der Waals surface area contributed by atoms with Gasteiger partial charge in [0.25, 0.3) is 0 Å². The zero-order valence-corrected chi connectivity index (χ0v) is 18.0. The van der Waals surface area contributed by atoms with Gasteiger partial charge < -0.3 is 25.8 Å². The molecule has 3 amide bonds. The van der Waals surface area contributed by atoms with Crippen molar-refractivity contribution in [3.8, 4) is 0 Å². The molecule has 0 aliphatic carbocycles. The van der Waals surface area contributed by atoms with E-state index in [1.807, 2.05) is 0 Å². The van der Waals surface area contributed by atoms with E-state index >= 15 is 0 Å². The maximum Gasteiger partial charge on any atom is 0.313 e. The molecule has 1 heterocycles. The van der Waals surface area contributed by atoms with Crippen molar-refractivity contribution >= 4 is 34.8 Å². The average Bonchev–Trinajstić information content (AvgIpc) is 2.74. The number of benzene rings is 2. The lowest BCUT2D eigenvalue weighted by Gasteiger charge is -2.34. The Hall–Kier alpha value is -3.39. The second-order valence-corrected chi connectivity index (χ2v) is 7.68. The van der Waals surface area contributed by atoms with Gasteiger partial charge in [-0.05, 0) is 49.4 Å². The van der Waals surface area contributed by atoms with Crippen LogP contribution in [0.4, 0.5) is 17.1 Å². The molecule has 31 heavy (non-hydrogen) atoms. The number of anilines is 3. The quantitative estimate of drug-likeness (QED) is 0.615. The van der Waals surface area contributed by atoms with Crippen molar-refractivity contribution < 1.29 is 14.4 Å². The molecule has 0 aromatic heterocycles. The maximum atomic E-state index is 12.1. The SMILES string of the molecule is CC(=O)Nc1cccc(NC(=O)C(=O)NCCc2ccc(N3CCN(C)CC3)cc2)c1. The predicted octanol–water partition coefficient (Wildman–Crippen LogP) is 1.69. The van der Waals surface area contributed by atoms with Crippen LogP contribution in [0, 0.1) is 0 Å². The van der Waals surface area contributed by atoms with Crippen molar-refractivity contribution in [3.63, 3.8) is 0 Å². The molecule has 2 aromatic rings. The number of likely N-dealkylation sites (N-methyl/N-ethyl adjacent to an activating group) is 1. The minimum atomic E-state index is -0.745. The Morgan fingerprint density at radius 2 is 1.52 bits per heavy atom. The average molecular weight is 424 g/mol. The summed E-state index contributed by atoms with van der Waals surface area (Å²) in [6.45, 7) is 5.94. The Morgan fingerprint density at radius 3 is 2.16 bits per heavy atom. The second-order valence-electron chi connectivity index (χ2n) is 7.68. The molecule has 3 rings (SSSR count). The van der Waals surface area contributed by atoms with E-state index in [9.17, 15) is 14.4 Å². The number of rotatable bonds is 6. The third-order valence-electron chi connectivity index (χ3n) is 5.15. The predicted molar refractivity (Wildman–Crippen MR) is 122 cm³/mol. The molecule has 1 aliphatic rings. The topological polar surface area (TPSA) is 93.8 Å². The number of hydrogen-bond acceptors (Lipinski definition) is 5. The summed E-state index contributed by atoms with van der Waals surface area (Å²) in [5.41, 5.74) is 3.29. The van der Waals surface area contributed by atoms with E-state index in [4.69, 9.17) is 0 Å². The minimum Gasteiger partial charge on any atom is -0.369 e. The van der Waals surface area contributed by atoms with Crippen LogP contribution in [0.25, 0.3) is 0 Å². The fraction of sp³-hybridized carbons (Fsp3) is 0.348. The monoisotopic (exact) mass is 423 g/mol. The van der Waals surface area contributed by atoms with Crippen molar-refractivity contribution in [1.82, 2.24) is 10.2 Å². The highest BCUT2D eigenvalue weighted by Gasteiger charge is 2.15. The fourth-order valence-electron chi connectivity index (χ4n) is 3.40. The van der Waals surface area contributed by atoms with Crippen molar-refractivity contribution in [1.29, 1.82) is 0 Å². The molecule has 164 valence electrons.